The van der Waals surface area contributed by atoms with E-state index in [0.717, 1.165) is 17.5 Å². The van der Waals surface area contributed by atoms with Crippen LogP contribution >= 0.6 is 22.9 Å². The Kier molecular flexibility index (Phi) is 4.06. The zero-order valence-corrected chi connectivity index (χ0v) is 10.7. The van der Waals surface area contributed by atoms with Crippen molar-refractivity contribution >= 4 is 22.9 Å². The zero-order chi connectivity index (χ0) is 10.7. The van der Waals surface area contributed by atoms with Crippen LogP contribution in [0.15, 0.2) is 11.4 Å². The Hall–Kier alpha value is -0.0500. The molecular weight excluding hydrogens is 226 g/mol. The first kappa shape index (κ1) is 11.4. The quantitative estimate of drug-likeness (QED) is 0.816. The number of thiophene rings is 1. The van der Waals surface area contributed by atoms with Gasteiger partial charge in [0.25, 0.3) is 0 Å². The Morgan fingerprint density at radius 2 is 2.40 bits per heavy atom. The van der Waals surface area contributed by atoms with Gasteiger partial charge in [-0.3, -0.25) is 0 Å². The summed E-state index contributed by atoms with van der Waals surface area (Å²) in [7, 11) is 0. The summed E-state index contributed by atoms with van der Waals surface area (Å²) in [6, 6.07) is 2.49. The van der Waals surface area contributed by atoms with Crippen LogP contribution in [0.1, 0.15) is 43.5 Å². The van der Waals surface area contributed by atoms with E-state index in [9.17, 15) is 0 Å². The van der Waals surface area contributed by atoms with Crippen molar-refractivity contribution in [2.45, 2.75) is 38.6 Å². The van der Waals surface area contributed by atoms with Crippen molar-refractivity contribution in [1.82, 2.24) is 5.32 Å². The van der Waals surface area contributed by atoms with E-state index in [-0.39, 0.29) is 0 Å². The van der Waals surface area contributed by atoms with Gasteiger partial charge in [-0.2, -0.15) is 0 Å². The predicted octanol–water partition coefficient (Wildman–Crippen LogP) is 4.24. The first-order chi connectivity index (χ1) is 7.31. The van der Waals surface area contributed by atoms with Gasteiger partial charge in [-0.25, -0.2) is 0 Å². The first-order valence-electron chi connectivity index (χ1n) is 5.77. The second kappa shape index (κ2) is 5.33. The number of halogens is 1. The predicted molar refractivity (Wildman–Crippen MR) is 67.7 cm³/mol. The third-order valence-electron chi connectivity index (χ3n) is 3.21. The summed E-state index contributed by atoms with van der Waals surface area (Å²) in [6.07, 6.45) is 5.49. The lowest BCUT2D eigenvalue weighted by Gasteiger charge is -2.29. The van der Waals surface area contributed by atoms with Crippen molar-refractivity contribution in [2.24, 2.45) is 5.92 Å². The van der Waals surface area contributed by atoms with Gasteiger partial charge in [0.2, 0.25) is 0 Å². The minimum Gasteiger partial charge on any atom is -0.309 e. The van der Waals surface area contributed by atoms with E-state index < -0.39 is 0 Å². The summed E-state index contributed by atoms with van der Waals surface area (Å²) in [5.74, 6) is 0.923. The molecule has 1 aliphatic carbocycles. The highest BCUT2D eigenvalue weighted by Gasteiger charge is 2.24. The summed E-state index contributed by atoms with van der Waals surface area (Å²) in [5, 5.41) is 6.57. The van der Waals surface area contributed by atoms with Gasteiger partial charge >= 0.3 is 0 Å². The van der Waals surface area contributed by atoms with Crippen LogP contribution in [0.3, 0.4) is 0 Å². The Bertz CT molecular complexity index is 306. The third kappa shape index (κ3) is 2.74. The average Bonchev–Trinajstić information content (AvgIpc) is 2.56. The normalized spacial score (nSPS) is 18.8. The fourth-order valence-corrected chi connectivity index (χ4v) is 3.42. The second-order valence-electron chi connectivity index (χ2n) is 4.28. The molecule has 0 aliphatic heterocycles. The fourth-order valence-electron chi connectivity index (χ4n) is 2.15. The van der Waals surface area contributed by atoms with Crippen LogP contribution in [0.5, 0.6) is 0 Å². The highest BCUT2D eigenvalue weighted by molar-refractivity contribution is 7.10. The molecule has 1 atom stereocenters. The lowest BCUT2D eigenvalue weighted by atomic mass is 9.80. The Morgan fingerprint density at radius 1 is 1.60 bits per heavy atom. The number of nitrogens with one attached hydrogen (secondary N) is 1. The van der Waals surface area contributed by atoms with E-state index >= 15 is 0 Å². The largest absolute Gasteiger partial charge is 0.309 e. The summed E-state index contributed by atoms with van der Waals surface area (Å²) in [6.45, 7) is 3.18. The average molecular weight is 244 g/mol. The Balaban J connectivity index is 2.01. The van der Waals surface area contributed by atoms with Crippen molar-refractivity contribution in [1.29, 1.82) is 0 Å². The third-order valence-corrected chi connectivity index (χ3v) is 4.68. The van der Waals surface area contributed by atoms with Gasteiger partial charge in [0.1, 0.15) is 0 Å². The molecule has 2 rings (SSSR count). The SMILES string of the molecule is CCNC(CC1CCC1)c1sccc1Cl. The van der Waals surface area contributed by atoms with Gasteiger partial charge in [-0.05, 0) is 30.3 Å². The molecule has 0 bridgehead atoms. The molecule has 0 radical (unpaired) electrons. The zero-order valence-electron chi connectivity index (χ0n) is 9.13. The van der Waals surface area contributed by atoms with Crippen LogP contribution in [0.25, 0.3) is 0 Å². The molecule has 1 N–H and O–H groups in total. The van der Waals surface area contributed by atoms with E-state index in [0.29, 0.717) is 6.04 Å². The molecule has 84 valence electrons. The molecule has 15 heavy (non-hydrogen) atoms. The van der Waals surface area contributed by atoms with E-state index in [1.807, 2.05) is 6.07 Å². The second-order valence-corrected chi connectivity index (χ2v) is 5.63. The van der Waals surface area contributed by atoms with Gasteiger partial charge in [0.05, 0.1) is 5.02 Å². The van der Waals surface area contributed by atoms with Crippen LogP contribution < -0.4 is 5.32 Å². The first-order valence-corrected chi connectivity index (χ1v) is 7.03. The number of hydrogen-bond acceptors (Lipinski definition) is 2. The van der Waals surface area contributed by atoms with Crippen LogP contribution in [0.4, 0.5) is 0 Å². The Morgan fingerprint density at radius 3 is 2.87 bits per heavy atom. The monoisotopic (exact) mass is 243 g/mol. The molecule has 1 heterocycles. The molecule has 1 unspecified atom stereocenters. The van der Waals surface area contributed by atoms with Gasteiger partial charge in [0.15, 0.2) is 0 Å². The lowest BCUT2D eigenvalue weighted by molar-refractivity contribution is 0.264. The number of rotatable bonds is 5. The molecule has 1 aromatic rings. The van der Waals surface area contributed by atoms with E-state index in [1.165, 1.54) is 30.6 Å². The van der Waals surface area contributed by atoms with Crippen LogP contribution in [0, 0.1) is 5.92 Å². The summed E-state index contributed by atoms with van der Waals surface area (Å²) < 4.78 is 0. The smallest absolute Gasteiger partial charge is 0.0561 e. The maximum Gasteiger partial charge on any atom is 0.0561 e. The molecule has 1 aromatic heterocycles. The summed E-state index contributed by atoms with van der Waals surface area (Å²) >= 11 is 7.97. The van der Waals surface area contributed by atoms with E-state index in [4.69, 9.17) is 11.6 Å². The molecule has 0 saturated heterocycles. The molecule has 0 aromatic carbocycles. The maximum atomic E-state index is 6.19. The van der Waals surface area contributed by atoms with Gasteiger partial charge in [-0.1, -0.05) is 37.8 Å². The number of hydrogen-bond donors (Lipinski definition) is 1. The molecular formula is C12H18ClNS. The van der Waals surface area contributed by atoms with Gasteiger partial charge in [-0.15, -0.1) is 11.3 Å². The molecule has 1 aliphatic rings. The molecule has 3 heteroatoms. The molecule has 1 nitrogen and oxygen atoms in total. The van der Waals surface area contributed by atoms with Crippen molar-refractivity contribution in [3.05, 3.63) is 21.3 Å². The van der Waals surface area contributed by atoms with Gasteiger partial charge < -0.3 is 5.32 Å². The van der Waals surface area contributed by atoms with Crippen LogP contribution in [-0.4, -0.2) is 6.54 Å². The minimum absolute atomic E-state index is 0.479. The van der Waals surface area contributed by atoms with Crippen molar-refractivity contribution in [2.75, 3.05) is 6.54 Å². The maximum absolute atomic E-state index is 6.19. The lowest BCUT2D eigenvalue weighted by Crippen LogP contribution is -2.25. The van der Waals surface area contributed by atoms with Crippen molar-refractivity contribution < 1.29 is 0 Å². The highest BCUT2D eigenvalue weighted by atomic mass is 35.5. The van der Waals surface area contributed by atoms with Crippen LogP contribution in [0.2, 0.25) is 5.02 Å². The summed E-state index contributed by atoms with van der Waals surface area (Å²) in [4.78, 5) is 1.32. The molecule has 0 spiro atoms. The van der Waals surface area contributed by atoms with Crippen molar-refractivity contribution in [3.63, 3.8) is 0 Å². The van der Waals surface area contributed by atoms with Gasteiger partial charge in [0, 0.05) is 10.9 Å². The fraction of sp³-hybridized carbons (Fsp3) is 0.667. The van der Waals surface area contributed by atoms with Crippen LogP contribution in [-0.2, 0) is 0 Å². The Labute approximate surface area is 101 Å². The summed E-state index contributed by atoms with van der Waals surface area (Å²) in [5.41, 5.74) is 0. The molecule has 0 amide bonds. The van der Waals surface area contributed by atoms with E-state index in [2.05, 4.69) is 17.6 Å². The highest BCUT2D eigenvalue weighted by Crippen LogP contribution is 2.38. The van der Waals surface area contributed by atoms with E-state index in [1.54, 1.807) is 11.3 Å². The molecule has 1 saturated carbocycles. The minimum atomic E-state index is 0.479. The topological polar surface area (TPSA) is 12.0 Å². The standard InChI is InChI=1S/C12H18ClNS/c1-2-14-11(8-9-4-3-5-9)12-10(13)6-7-15-12/h6-7,9,11,14H,2-5,8H2,1H3. The molecule has 1 fully saturated rings. The van der Waals surface area contributed by atoms with Crippen molar-refractivity contribution in [3.8, 4) is 0 Å².